The molecule has 0 aliphatic rings. The molecule has 0 spiro atoms. The van der Waals surface area contributed by atoms with Crippen LogP contribution in [0.3, 0.4) is 0 Å². The highest BCUT2D eigenvalue weighted by Crippen LogP contribution is 2.26. The molecule has 1 N–H and O–H groups in total. The van der Waals surface area contributed by atoms with Crippen molar-refractivity contribution in [2.75, 3.05) is 7.05 Å². The van der Waals surface area contributed by atoms with Crippen LogP contribution in [0.5, 0.6) is 0 Å². The summed E-state index contributed by atoms with van der Waals surface area (Å²) in [5.74, 6) is 1.09. The lowest BCUT2D eigenvalue weighted by Crippen LogP contribution is -2.21. The molecule has 4 heteroatoms. The van der Waals surface area contributed by atoms with Gasteiger partial charge in [-0.15, -0.1) is 0 Å². The van der Waals surface area contributed by atoms with E-state index in [9.17, 15) is 0 Å². The summed E-state index contributed by atoms with van der Waals surface area (Å²) in [6, 6.07) is 6.70. The standard InChI is InChI=1S/C14H18BrN3/c1-10-4-5-12(15)11(8-10)13(16-2)9-14-17-6-7-18(14)3/h4-8,13,16H,9H2,1-3H3. The van der Waals surface area contributed by atoms with Gasteiger partial charge in [-0.05, 0) is 25.6 Å². The highest BCUT2D eigenvalue weighted by Gasteiger charge is 2.15. The van der Waals surface area contributed by atoms with Gasteiger partial charge in [0.1, 0.15) is 5.82 Å². The number of rotatable bonds is 4. The Kier molecular flexibility index (Phi) is 4.19. The largest absolute Gasteiger partial charge is 0.338 e. The average molecular weight is 308 g/mol. The molecule has 0 saturated carbocycles. The Morgan fingerprint density at radius 3 is 2.83 bits per heavy atom. The molecule has 0 aliphatic carbocycles. The highest BCUT2D eigenvalue weighted by atomic mass is 79.9. The molecule has 96 valence electrons. The van der Waals surface area contributed by atoms with Gasteiger partial charge in [-0.3, -0.25) is 0 Å². The fourth-order valence-corrected chi connectivity index (χ4v) is 2.60. The van der Waals surface area contributed by atoms with Crippen molar-refractivity contribution < 1.29 is 0 Å². The zero-order chi connectivity index (χ0) is 13.1. The molecule has 2 aromatic rings. The van der Waals surface area contributed by atoms with Crippen LogP contribution in [0.2, 0.25) is 0 Å². The van der Waals surface area contributed by atoms with E-state index in [-0.39, 0.29) is 6.04 Å². The van der Waals surface area contributed by atoms with Crippen molar-refractivity contribution in [3.05, 3.63) is 52.0 Å². The van der Waals surface area contributed by atoms with Gasteiger partial charge < -0.3 is 9.88 Å². The van der Waals surface area contributed by atoms with Crippen LogP contribution in [0.15, 0.2) is 35.1 Å². The van der Waals surface area contributed by atoms with Crippen LogP contribution in [0, 0.1) is 6.92 Å². The molecule has 18 heavy (non-hydrogen) atoms. The highest BCUT2D eigenvalue weighted by molar-refractivity contribution is 9.10. The van der Waals surface area contributed by atoms with Gasteiger partial charge in [0.2, 0.25) is 0 Å². The number of imidazole rings is 1. The maximum Gasteiger partial charge on any atom is 0.110 e. The van der Waals surface area contributed by atoms with Crippen molar-refractivity contribution in [1.82, 2.24) is 14.9 Å². The van der Waals surface area contributed by atoms with Crippen LogP contribution < -0.4 is 5.32 Å². The topological polar surface area (TPSA) is 29.9 Å². The van der Waals surface area contributed by atoms with E-state index in [0.717, 1.165) is 16.7 Å². The van der Waals surface area contributed by atoms with E-state index < -0.39 is 0 Å². The van der Waals surface area contributed by atoms with Gasteiger partial charge in [0.15, 0.2) is 0 Å². The van der Waals surface area contributed by atoms with Gasteiger partial charge in [0.05, 0.1) is 0 Å². The van der Waals surface area contributed by atoms with Crippen molar-refractivity contribution >= 4 is 15.9 Å². The van der Waals surface area contributed by atoms with Crippen molar-refractivity contribution in [2.45, 2.75) is 19.4 Å². The summed E-state index contributed by atoms with van der Waals surface area (Å²) < 4.78 is 3.20. The quantitative estimate of drug-likeness (QED) is 0.941. The Morgan fingerprint density at radius 2 is 2.22 bits per heavy atom. The third-order valence-electron chi connectivity index (χ3n) is 3.18. The first-order valence-electron chi connectivity index (χ1n) is 6.01. The monoisotopic (exact) mass is 307 g/mol. The Balaban J connectivity index is 2.28. The lowest BCUT2D eigenvalue weighted by molar-refractivity contribution is 0.561. The molecular formula is C14H18BrN3. The first kappa shape index (κ1) is 13.3. The van der Waals surface area contributed by atoms with E-state index in [0.29, 0.717) is 0 Å². The second-order valence-electron chi connectivity index (χ2n) is 4.52. The second-order valence-corrected chi connectivity index (χ2v) is 5.38. The molecule has 0 aliphatic heterocycles. The van der Waals surface area contributed by atoms with E-state index in [2.05, 4.69) is 55.9 Å². The zero-order valence-electron chi connectivity index (χ0n) is 10.9. The number of nitrogens with zero attached hydrogens (tertiary/aromatic N) is 2. The third kappa shape index (κ3) is 2.82. The van der Waals surface area contributed by atoms with Crippen LogP contribution in [-0.4, -0.2) is 16.6 Å². The Morgan fingerprint density at radius 1 is 1.44 bits per heavy atom. The maximum atomic E-state index is 4.39. The Labute approximate surface area is 116 Å². The van der Waals surface area contributed by atoms with E-state index in [1.807, 2.05) is 26.5 Å². The number of hydrogen-bond acceptors (Lipinski definition) is 2. The molecule has 1 aromatic heterocycles. The average Bonchev–Trinajstić information content (AvgIpc) is 2.75. The van der Waals surface area contributed by atoms with E-state index in [4.69, 9.17) is 0 Å². The minimum absolute atomic E-state index is 0.264. The number of halogens is 1. The molecule has 0 bridgehead atoms. The summed E-state index contributed by atoms with van der Waals surface area (Å²) in [7, 11) is 4.02. The fourth-order valence-electron chi connectivity index (χ4n) is 2.07. The molecule has 3 nitrogen and oxygen atoms in total. The van der Waals surface area contributed by atoms with Gasteiger partial charge in [0, 0.05) is 36.4 Å². The fraction of sp³-hybridized carbons (Fsp3) is 0.357. The molecule has 1 atom stereocenters. The van der Waals surface area contributed by atoms with Crippen LogP contribution in [-0.2, 0) is 13.5 Å². The first-order chi connectivity index (χ1) is 8.61. The van der Waals surface area contributed by atoms with Crippen LogP contribution >= 0.6 is 15.9 Å². The van der Waals surface area contributed by atoms with E-state index in [1.165, 1.54) is 11.1 Å². The summed E-state index contributed by atoms with van der Waals surface area (Å²) in [4.78, 5) is 4.39. The number of aryl methyl sites for hydroxylation is 2. The van der Waals surface area contributed by atoms with Gasteiger partial charge in [-0.1, -0.05) is 33.6 Å². The molecular weight excluding hydrogens is 290 g/mol. The summed E-state index contributed by atoms with van der Waals surface area (Å²) in [5, 5.41) is 3.37. The van der Waals surface area contributed by atoms with Crippen molar-refractivity contribution in [3.8, 4) is 0 Å². The Hall–Kier alpha value is -1.13. The summed E-state index contributed by atoms with van der Waals surface area (Å²) in [6.07, 6.45) is 4.70. The van der Waals surface area contributed by atoms with Crippen LogP contribution in [0.4, 0.5) is 0 Å². The SMILES string of the molecule is CNC(Cc1nccn1C)c1cc(C)ccc1Br. The smallest absolute Gasteiger partial charge is 0.110 e. The molecule has 1 heterocycles. The van der Waals surface area contributed by atoms with Crippen molar-refractivity contribution in [2.24, 2.45) is 7.05 Å². The summed E-state index contributed by atoms with van der Waals surface area (Å²) in [6.45, 7) is 2.11. The summed E-state index contributed by atoms with van der Waals surface area (Å²) in [5.41, 5.74) is 2.55. The van der Waals surface area contributed by atoms with Gasteiger partial charge in [0.25, 0.3) is 0 Å². The van der Waals surface area contributed by atoms with E-state index >= 15 is 0 Å². The summed E-state index contributed by atoms with van der Waals surface area (Å²) >= 11 is 3.63. The molecule has 0 amide bonds. The van der Waals surface area contributed by atoms with Crippen LogP contribution in [0.25, 0.3) is 0 Å². The lowest BCUT2D eigenvalue weighted by Gasteiger charge is -2.18. The lowest BCUT2D eigenvalue weighted by atomic mass is 10.0. The second kappa shape index (κ2) is 5.67. The van der Waals surface area contributed by atoms with Crippen molar-refractivity contribution in [3.63, 3.8) is 0 Å². The molecule has 0 saturated heterocycles. The van der Waals surface area contributed by atoms with Gasteiger partial charge >= 0.3 is 0 Å². The minimum atomic E-state index is 0.264. The minimum Gasteiger partial charge on any atom is -0.338 e. The predicted octanol–water partition coefficient (Wildman–Crippen LogP) is 2.99. The van der Waals surface area contributed by atoms with Gasteiger partial charge in [-0.2, -0.15) is 0 Å². The number of nitrogens with one attached hydrogen (secondary N) is 1. The molecule has 2 rings (SSSR count). The third-order valence-corrected chi connectivity index (χ3v) is 3.91. The molecule has 1 unspecified atom stereocenters. The number of hydrogen-bond donors (Lipinski definition) is 1. The normalized spacial score (nSPS) is 12.7. The molecule has 0 radical (unpaired) electrons. The number of benzene rings is 1. The van der Waals surface area contributed by atoms with Crippen LogP contribution in [0.1, 0.15) is 23.0 Å². The molecule has 1 aromatic carbocycles. The first-order valence-corrected chi connectivity index (χ1v) is 6.80. The number of likely N-dealkylation sites (N-methyl/N-ethyl adjacent to an activating group) is 1. The molecule has 0 fully saturated rings. The predicted molar refractivity (Wildman–Crippen MR) is 77.6 cm³/mol. The van der Waals surface area contributed by atoms with Gasteiger partial charge in [-0.25, -0.2) is 4.98 Å². The maximum absolute atomic E-state index is 4.39. The van der Waals surface area contributed by atoms with E-state index in [1.54, 1.807) is 0 Å². The number of aromatic nitrogens is 2. The zero-order valence-corrected chi connectivity index (χ0v) is 12.5. The Bertz CT molecular complexity index is 534. The van der Waals surface area contributed by atoms with Crippen molar-refractivity contribution in [1.29, 1.82) is 0 Å².